The zero-order chi connectivity index (χ0) is 21.1. The van der Waals surface area contributed by atoms with Gasteiger partial charge in [-0.3, -0.25) is 14.9 Å². The standard InChI is InChI=1S/C20H16N2O7/c1-11-18(15-5-3-4-6-16(15)21-11)17(23)10-29-20(25)13-7-12(19(24)28-2)8-14(9-13)22(26)27/h3-9,21H,10H2,1-2H3. The number of nitrogens with one attached hydrogen (secondary N) is 1. The highest BCUT2D eigenvalue weighted by Gasteiger charge is 2.21. The summed E-state index contributed by atoms with van der Waals surface area (Å²) >= 11 is 0. The summed E-state index contributed by atoms with van der Waals surface area (Å²) in [4.78, 5) is 50.0. The van der Waals surface area contributed by atoms with E-state index in [9.17, 15) is 24.5 Å². The van der Waals surface area contributed by atoms with Crippen molar-refractivity contribution < 1.29 is 28.8 Å². The molecule has 0 radical (unpaired) electrons. The Labute approximate surface area is 164 Å². The number of H-pyrrole nitrogens is 1. The molecule has 0 amide bonds. The minimum atomic E-state index is -0.968. The first kappa shape index (κ1) is 19.7. The molecule has 0 spiro atoms. The van der Waals surface area contributed by atoms with E-state index in [1.807, 2.05) is 12.1 Å². The van der Waals surface area contributed by atoms with Crippen LogP contribution < -0.4 is 0 Å². The second kappa shape index (κ2) is 7.93. The van der Waals surface area contributed by atoms with Crippen molar-refractivity contribution in [2.24, 2.45) is 0 Å². The van der Waals surface area contributed by atoms with E-state index in [2.05, 4.69) is 9.72 Å². The van der Waals surface area contributed by atoms with E-state index in [1.54, 1.807) is 19.1 Å². The Morgan fingerprint density at radius 3 is 2.38 bits per heavy atom. The number of fused-ring (bicyclic) bond motifs is 1. The number of aromatic nitrogens is 1. The maximum Gasteiger partial charge on any atom is 0.338 e. The van der Waals surface area contributed by atoms with Gasteiger partial charge >= 0.3 is 11.9 Å². The van der Waals surface area contributed by atoms with Gasteiger partial charge in [-0.2, -0.15) is 0 Å². The van der Waals surface area contributed by atoms with Gasteiger partial charge in [0.05, 0.1) is 23.2 Å². The summed E-state index contributed by atoms with van der Waals surface area (Å²) in [5.74, 6) is -2.23. The summed E-state index contributed by atoms with van der Waals surface area (Å²) in [6.45, 7) is 1.18. The highest BCUT2D eigenvalue weighted by molar-refractivity contribution is 6.10. The molecule has 0 aliphatic rings. The lowest BCUT2D eigenvalue weighted by atomic mass is 10.1. The molecular formula is C20H16N2O7. The molecule has 2 aromatic carbocycles. The zero-order valence-electron chi connectivity index (χ0n) is 15.6. The Balaban J connectivity index is 1.82. The summed E-state index contributed by atoms with van der Waals surface area (Å²) in [7, 11) is 1.11. The first-order chi connectivity index (χ1) is 13.8. The number of methoxy groups -OCH3 is 1. The van der Waals surface area contributed by atoms with Gasteiger partial charge in [-0.05, 0) is 19.1 Å². The van der Waals surface area contributed by atoms with Gasteiger partial charge in [0.1, 0.15) is 0 Å². The van der Waals surface area contributed by atoms with Gasteiger partial charge in [-0.25, -0.2) is 9.59 Å². The Bertz CT molecular complexity index is 1150. The lowest BCUT2D eigenvalue weighted by Gasteiger charge is -2.06. The van der Waals surface area contributed by atoms with Crippen LogP contribution in [-0.4, -0.2) is 41.3 Å². The first-order valence-electron chi connectivity index (χ1n) is 8.47. The topological polar surface area (TPSA) is 129 Å². The lowest BCUT2D eigenvalue weighted by Crippen LogP contribution is -2.15. The maximum atomic E-state index is 12.6. The molecule has 1 aromatic heterocycles. The van der Waals surface area contributed by atoms with E-state index in [1.165, 1.54) is 0 Å². The van der Waals surface area contributed by atoms with Crippen LogP contribution in [0.4, 0.5) is 5.69 Å². The summed E-state index contributed by atoms with van der Waals surface area (Å²) in [5, 5.41) is 11.8. The number of Topliss-reactive ketones (excluding diaryl/α,β-unsaturated/α-hetero) is 1. The van der Waals surface area contributed by atoms with Crippen LogP contribution in [0.1, 0.15) is 36.8 Å². The molecule has 9 heteroatoms. The number of esters is 2. The van der Waals surface area contributed by atoms with Crippen molar-refractivity contribution in [3.8, 4) is 0 Å². The number of nitro benzene ring substituents is 1. The van der Waals surface area contributed by atoms with Crippen molar-refractivity contribution in [3.63, 3.8) is 0 Å². The molecular weight excluding hydrogens is 380 g/mol. The molecule has 9 nitrogen and oxygen atoms in total. The van der Waals surface area contributed by atoms with E-state index in [-0.39, 0.29) is 11.1 Å². The predicted octanol–water partition coefficient (Wildman–Crippen LogP) is 3.21. The number of carbonyl (C=O) groups excluding carboxylic acids is 3. The third-order valence-corrected chi connectivity index (χ3v) is 4.29. The van der Waals surface area contributed by atoms with Crippen molar-refractivity contribution in [2.45, 2.75) is 6.92 Å². The van der Waals surface area contributed by atoms with E-state index >= 15 is 0 Å². The number of carbonyl (C=O) groups is 3. The lowest BCUT2D eigenvalue weighted by molar-refractivity contribution is -0.384. The fourth-order valence-corrected chi connectivity index (χ4v) is 2.99. The fraction of sp³-hybridized carbons (Fsp3) is 0.150. The van der Waals surface area contributed by atoms with Crippen LogP contribution in [0.15, 0.2) is 42.5 Å². The molecule has 1 heterocycles. The molecule has 0 aliphatic heterocycles. The minimum Gasteiger partial charge on any atom is -0.465 e. The van der Waals surface area contributed by atoms with Gasteiger partial charge in [0.15, 0.2) is 6.61 Å². The Morgan fingerprint density at radius 2 is 1.72 bits per heavy atom. The third-order valence-electron chi connectivity index (χ3n) is 4.29. The molecule has 0 saturated carbocycles. The van der Waals surface area contributed by atoms with Crippen molar-refractivity contribution in [1.82, 2.24) is 4.98 Å². The number of nitrogens with zero attached hydrogens (tertiary/aromatic N) is 1. The summed E-state index contributed by atoms with van der Waals surface area (Å²) in [6.07, 6.45) is 0. The third kappa shape index (κ3) is 3.98. The monoisotopic (exact) mass is 396 g/mol. The van der Waals surface area contributed by atoms with Gasteiger partial charge in [0, 0.05) is 34.3 Å². The highest BCUT2D eigenvalue weighted by Crippen LogP contribution is 2.23. The van der Waals surface area contributed by atoms with Crippen molar-refractivity contribution >= 4 is 34.3 Å². The van der Waals surface area contributed by atoms with Crippen LogP contribution in [0.25, 0.3) is 10.9 Å². The number of nitro groups is 1. The smallest absolute Gasteiger partial charge is 0.338 e. The van der Waals surface area contributed by atoms with E-state index < -0.39 is 34.9 Å². The predicted molar refractivity (Wildman–Crippen MR) is 102 cm³/mol. The first-order valence-corrected chi connectivity index (χ1v) is 8.47. The Morgan fingerprint density at radius 1 is 1.07 bits per heavy atom. The van der Waals surface area contributed by atoms with Crippen LogP contribution in [0.2, 0.25) is 0 Å². The number of ether oxygens (including phenoxy) is 2. The maximum absolute atomic E-state index is 12.6. The largest absolute Gasteiger partial charge is 0.465 e. The molecule has 0 atom stereocenters. The number of benzene rings is 2. The average molecular weight is 396 g/mol. The average Bonchev–Trinajstić information content (AvgIpc) is 3.06. The van der Waals surface area contributed by atoms with E-state index in [0.29, 0.717) is 16.6 Å². The molecule has 3 rings (SSSR count). The number of aromatic amines is 1. The quantitative estimate of drug-likeness (QED) is 0.293. The van der Waals surface area contributed by atoms with Crippen LogP contribution in [0.3, 0.4) is 0 Å². The molecule has 0 bridgehead atoms. The van der Waals surface area contributed by atoms with E-state index in [0.717, 1.165) is 30.8 Å². The van der Waals surface area contributed by atoms with Crippen LogP contribution >= 0.6 is 0 Å². The van der Waals surface area contributed by atoms with Gasteiger partial charge in [0.25, 0.3) is 5.69 Å². The normalized spacial score (nSPS) is 10.6. The SMILES string of the molecule is COC(=O)c1cc(C(=O)OCC(=O)c2c(C)[nH]c3ccccc23)cc([N+](=O)[O-])c1. The molecule has 0 unspecified atom stereocenters. The van der Waals surface area contributed by atoms with E-state index in [4.69, 9.17) is 4.74 Å². The van der Waals surface area contributed by atoms with Crippen LogP contribution in [0.5, 0.6) is 0 Å². The van der Waals surface area contributed by atoms with Gasteiger partial charge in [-0.15, -0.1) is 0 Å². The highest BCUT2D eigenvalue weighted by atomic mass is 16.6. The Kier molecular flexibility index (Phi) is 5.40. The number of hydrogen-bond acceptors (Lipinski definition) is 7. The van der Waals surface area contributed by atoms with Crippen molar-refractivity contribution in [3.05, 3.63) is 75.0 Å². The molecule has 0 aliphatic carbocycles. The summed E-state index contributed by atoms with van der Waals surface area (Å²) < 4.78 is 9.58. The summed E-state index contributed by atoms with van der Waals surface area (Å²) in [6, 6.07) is 10.3. The zero-order valence-corrected chi connectivity index (χ0v) is 15.6. The van der Waals surface area contributed by atoms with Gasteiger partial charge in [0.2, 0.25) is 5.78 Å². The molecule has 0 saturated heterocycles. The number of rotatable bonds is 6. The van der Waals surface area contributed by atoms with Crippen LogP contribution in [0, 0.1) is 17.0 Å². The molecule has 0 fully saturated rings. The molecule has 29 heavy (non-hydrogen) atoms. The van der Waals surface area contributed by atoms with Gasteiger partial charge in [-0.1, -0.05) is 18.2 Å². The van der Waals surface area contributed by atoms with Crippen molar-refractivity contribution in [2.75, 3.05) is 13.7 Å². The fourth-order valence-electron chi connectivity index (χ4n) is 2.99. The molecule has 3 aromatic rings. The van der Waals surface area contributed by atoms with Crippen molar-refractivity contribution in [1.29, 1.82) is 0 Å². The number of hydrogen-bond donors (Lipinski definition) is 1. The second-order valence-electron chi connectivity index (χ2n) is 6.19. The minimum absolute atomic E-state index is 0.174. The second-order valence-corrected chi connectivity index (χ2v) is 6.19. The molecule has 1 N–H and O–H groups in total. The van der Waals surface area contributed by atoms with Crippen LogP contribution in [-0.2, 0) is 9.47 Å². The number of aryl methyl sites for hydroxylation is 1. The number of ketones is 1. The summed E-state index contributed by atoms with van der Waals surface area (Å²) in [5.41, 5.74) is 0.938. The number of non-ortho nitro benzene ring substituents is 1. The number of para-hydroxylation sites is 1. The molecule has 148 valence electrons. The Hall–Kier alpha value is -4.01. The van der Waals surface area contributed by atoms with Gasteiger partial charge < -0.3 is 14.5 Å².